The molecule has 0 spiro atoms. The van der Waals surface area contributed by atoms with E-state index in [9.17, 15) is 27.2 Å². The van der Waals surface area contributed by atoms with Gasteiger partial charge in [0.2, 0.25) is 0 Å². The monoisotopic (exact) mass is 524 g/mol. The van der Waals surface area contributed by atoms with Crippen molar-refractivity contribution in [2.45, 2.75) is 43.7 Å². The molecule has 2 aliphatic rings. The van der Waals surface area contributed by atoms with Gasteiger partial charge in [0.15, 0.2) is 0 Å². The third-order valence-corrected chi connectivity index (χ3v) is 6.41. The number of alkyl halides is 4. The molecule has 8 nitrogen and oxygen atoms in total. The van der Waals surface area contributed by atoms with Crippen LogP contribution in [0.3, 0.4) is 0 Å². The van der Waals surface area contributed by atoms with Gasteiger partial charge in [-0.1, -0.05) is 0 Å². The van der Waals surface area contributed by atoms with Crippen LogP contribution in [0.25, 0.3) is 0 Å². The Morgan fingerprint density at radius 2 is 1.81 bits per heavy atom. The first-order chi connectivity index (χ1) is 17.6. The lowest BCUT2D eigenvalue weighted by Crippen LogP contribution is -2.45. The molecular weight excluding hydrogens is 503 g/mol. The number of rotatable bonds is 4. The van der Waals surface area contributed by atoms with E-state index in [-0.39, 0.29) is 40.9 Å². The van der Waals surface area contributed by atoms with Crippen LogP contribution in [0.4, 0.5) is 27.8 Å². The molecule has 4 heterocycles. The quantitative estimate of drug-likeness (QED) is 0.495. The molecule has 1 aromatic carbocycles. The summed E-state index contributed by atoms with van der Waals surface area (Å²) in [6.07, 6.45) is -4.89. The third kappa shape index (κ3) is 4.95. The Labute approximate surface area is 206 Å². The predicted molar refractivity (Wildman–Crippen MR) is 121 cm³/mol. The zero-order chi connectivity index (χ0) is 26.3. The van der Waals surface area contributed by atoms with Crippen molar-refractivity contribution in [1.29, 1.82) is 0 Å². The van der Waals surface area contributed by atoms with Crippen molar-refractivity contribution >= 4 is 5.82 Å². The fraction of sp³-hybridized carbons (Fsp3) is 0.375. The number of aromatic nitrogens is 3. The second-order valence-corrected chi connectivity index (χ2v) is 8.81. The van der Waals surface area contributed by atoms with Gasteiger partial charge in [-0.15, -0.1) is 0 Å². The fourth-order valence-corrected chi connectivity index (χ4v) is 4.57. The average Bonchev–Trinajstić information content (AvgIpc) is 2.86. The summed E-state index contributed by atoms with van der Waals surface area (Å²) in [4.78, 5) is 31.6. The lowest BCUT2D eigenvalue weighted by Gasteiger charge is -2.31. The minimum atomic E-state index is -4.62. The highest BCUT2D eigenvalue weighted by Gasteiger charge is 2.35. The molecule has 196 valence electrons. The van der Waals surface area contributed by atoms with Crippen LogP contribution < -0.4 is 21.3 Å². The van der Waals surface area contributed by atoms with Crippen LogP contribution in [0, 0.1) is 5.82 Å². The lowest BCUT2D eigenvalue weighted by molar-refractivity contribution is -0.141. The van der Waals surface area contributed by atoms with Crippen LogP contribution in [-0.2, 0) is 17.3 Å². The van der Waals surface area contributed by atoms with Crippen molar-refractivity contribution in [3.05, 3.63) is 80.0 Å². The third-order valence-electron chi connectivity index (χ3n) is 6.41. The van der Waals surface area contributed by atoms with E-state index in [2.05, 4.69) is 15.3 Å². The minimum Gasteiger partial charge on any atom is -0.456 e. The van der Waals surface area contributed by atoms with Gasteiger partial charge in [0, 0.05) is 31.2 Å². The number of benzene rings is 1. The number of halogens is 5. The molecule has 1 saturated heterocycles. The largest absolute Gasteiger partial charge is 0.456 e. The summed E-state index contributed by atoms with van der Waals surface area (Å²) in [6, 6.07) is 3.62. The summed E-state index contributed by atoms with van der Waals surface area (Å²) >= 11 is 0. The topological polar surface area (TPSA) is 98.2 Å². The number of aromatic amines is 1. The number of ether oxygens (including phenoxy) is 2. The molecule has 2 aromatic heterocycles. The number of pyridine rings is 1. The zero-order valence-electron chi connectivity index (χ0n) is 19.1. The Bertz CT molecular complexity index is 1410. The Balaban J connectivity index is 1.41. The van der Waals surface area contributed by atoms with Gasteiger partial charge in [0.25, 0.3) is 5.56 Å². The second-order valence-electron chi connectivity index (χ2n) is 8.81. The summed E-state index contributed by atoms with van der Waals surface area (Å²) in [5, 5.41) is 2.73. The number of fused-ring (bicyclic) bond motifs is 1. The number of anilines is 1. The van der Waals surface area contributed by atoms with Crippen LogP contribution in [0.5, 0.6) is 11.5 Å². The SMILES string of the molecule is O=c1[nH]c2c(c(=O)n1C1CCOCC1)C[C@H](F)[C@H](c1cc(Oc3ccc(C(F)(F)F)nc3)ccc1F)N2. The lowest BCUT2D eigenvalue weighted by atomic mass is 9.93. The van der Waals surface area contributed by atoms with Crippen molar-refractivity contribution in [3.63, 3.8) is 0 Å². The van der Waals surface area contributed by atoms with Gasteiger partial charge in [0.1, 0.15) is 35.0 Å². The van der Waals surface area contributed by atoms with Crippen LogP contribution in [0.2, 0.25) is 0 Å². The second kappa shape index (κ2) is 9.61. The number of H-pyrrole nitrogens is 1. The molecule has 0 aliphatic carbocycles. The standard InChI is InChI=1S/C24H21F5N4O4/c25-17-3-1-13(37-14-2-4-19(30-11-14)24(27,28)29)9-15(17)20-18(26)10-16-21(31-20)32-23(35)33(22(16)34)12-5-7-36-8-6-12/h1-4,9,11-12,18,20,31H,5-8,10H2,(H,32,35)/t18-,20-/m0/s1. The average molecular weight is 524 g/mol. The summed E-state index contributed by atoms with van der Waals surface area (Å²) < 4.78 is 80.1. The van der Waals surface area contributed by atoms with E-state index in [1.807, 2.05) is 0 Å². The molecule has 0 saturated carbocycles. The Hall–Kier alpha value is -3.74. The van der Waals surface area contributed by atoms with Gasteiger partial charge in [-0.2, -0.15) is 13.2 Å². The normalized spacial score (nSPS) is 20.2. The molecule has 37 heavy (non-hydrogen) atoms. The Morgan fingerprint density at radius 3 is 2.49 bits per heavy atom. The highest BCUT2D eigenvalue weighted by atomic mass is 19.4. The van der Waals surface area contributed by atoms with Gasteiger partial charge < -0.3 is 14.8 Å². The van der Waals surface area contributed by atoms with E-state index in [0.29, 0.717) is 26.1 Å². The summed E-state index contributed by atoms with van der Waals surface area (Å²) in [5.41, 5.74) is -2.46. The molecular formula is C24H21F5N4O4. The van der Waals surface area contributed by atoms with Crippen LogP contribution in [0.1, 0.15) is 41.7 Å². The molecule has 2 atom stereocenters. The molecule has 0 amide bonds. The van der Waals surface area contributed by atoms with Crippen LogP contribution >= 0.6 is 0 Å². The molecule has 2 N–H and O–H groups in total. The maximum atomic E-state index is 15.3. The highest BCUT2D eigenvalue weighted by Crippen LogP contribution is 2.36. The molecule has 0 radical (unpaired) electrons. The number of hydrogen-bond donors (Lipinski definition) is 2. The number of nitrogens with zero attached hydrogens (tertiary/aromatic N) is 2. The van der Waals surface area contributed by atoms with E-state index in [0.717, 1.165) is 29.0 Å². The smallest absolute Gasteiger partial charge is 0.433 e. The highest BCUT2D eigenvalue weighted by molar-refractivity contribution is 5.50. The van der Waals surface area contributed by atoms with E-state index >= 15 is 4.39 Å². The molecule has 3 aromatic rings. The van der Waals surface area contributed by atoms with Crippen molar-refractivity contribution in [2.24, 2.45) is 0 Å². The van der Waals surface area contributed by atoms with Crippen molar-refractivity contribution in [3.8, 4) is 11.5 Å². The number of nitrogens with one attached hydrogen (secondary N) is 2. The molecule has 13 heteroatoms. The molecule has 1 fully saturated rings. The van der Waals surface area contributed by atoms with Crippen molar-refractivity contribution in [2.75, 3.05) is 18.5 Å². The van der Waals surface area contributed by atoms with E-state index in [1.54, 1.807) is 0 Å². The summed E-state index contributed by atoms with van der Waals surface area (Å²) in [5.74, 6) is -0.780. The van der Waals surface area contributed by atoms with E-state index in [1.165, 1.54) is 12.1 Å². The first-order valence-electron chi connectivity index (χ1n) is 11.5. The molecule has 0 bridgehead atoms. The van der Waals surface area contributed by atoms with Crippen LogP contribution in [0.15, 0.2) is 46.1 Å². The predicted octanol–water partition coefficient (Wildman–Crippen LogP) is 4.28. The summed E-state index contributed by atoms with van der Waals surface area (Å²) in [6.45, 7) is 0.805. The van der Waals surface area contributed by atoms with Crippen molar-refractivity contribution < 1.29 is 31.4 Å². The van der Waals surface area contributed by atoms with Crippen LogP contribution in [-0.4, -0.2) is 33.9 Å². The minimum absolute atomic E-state index is 0.00914. The van der Waals surface area contributed by atoms with Gasteiger partial charge in [0.05, 0.1) is 17.8 Å². The fourth-order valence-electron chi connectivity index (χ4n) is 4.57. The molecule has 2 aliphatic heterocycles. The first-order valence-corrected chi connectivity index (χ1v) is 11.5. The van der Waals surface area contributed by atoms with E-state index < -0.39 is 41.1 Å². The van der Waals surface area contributed by atoms with Gasteiger partial charge in [-0.3, -0.25) is 14.3 Å². The van der Waals surface area contributed by atoms with Gasteiger partial charge >= 0.3 is 11.9 Å². The first kappa shape index (κ1) is 24.9. The summed E-state index contributed by atoms with van der Waals surface area (Å²) in [7, 11) is 0. The van der Waals surface area contributed by atoms with Gasteiger partial charge in [-0.05, 0) is 43.2 Å². The zero-order valence-corrected chi connectivity index (χ0v) is 19.1. The Kier molecular flexibility index (Phi) is 6.48. The van der Waals surface area contributed by atoms with E-state index in [4.69, 9.17) is 9.47 Å². The Morgan fingerprint density at radius 1 is 1.08 bits per heavy atom. The maximum Gasteiger partial charge on any atom is 0.433 e. The van der Waals surface area contributed by atoms with Crippen molar-refractivity contribution in [1.82, 2.24) is 14.5 Å². The molecule has 5 rings (SSSR count). The molecule has 0 unspecified atom stereocenters. The van der Waals surface area contributed by atoms with Gasteiger partial charge in [-0.25, -0.2) is 18.6 Å². The maximum absolute atomic E-state index is 15.3. The number of hydrogen-bond acceptors (Lipinski definition) is 6.